The normalized spacial score (nSPS) is 10.5. The Morgan fingerprint density at radius 3 is 2.13 bits per heavy atom. The van der Waals surface area contributed by atoms with Gasteiger partial charge in [0.2, 0.25) is 17.6 Å². The van der Waals surface area contributed by atoms with E-state index in [1.807, 2.05) is 0 Å². The fourth-order valence-electron chi connectivity index (χ4n) is 2.58. The van der Waals surface area contributed by atoms with Crippen molar-refractivity contribution in [1.82, 2.24) is 5.43 Å². The van der Waals surface area contributed by atoms with Crippen LogP contribution >= 0.6 is 11.6 Å². The molecule has 160 valence electrons. The zero-order valence-corrected chi connectivity index (χ0v) is 17.8. The molecule has 0 aliphatic heterocycles. The third-order valence-electron chi connectivity index (χ3n) is 4.03. The maximum Gasteiger partial charge on any atom is 0.240 e. The smallest absolute Gasteiger partial charge is 0.240 e. The highest BCUT2D eigenvalue weighted by atomic mass is 35.5. The Kier molecular flexibility index (Phi) is 8.96. The van der Waals surface area contributed by atoms with Gasteiger partial charge in [-0.2, -0.15) is 5.10 Å². The summed E-state index contributed by atoms with van der Waals surface area (Å²) in [5.74, 6) is 0.967. The summed E-state index contributed by atoms with van der Waals surface area (Å²) in [5.41, 5.74) is 3.75. The lowest BCUT2D eigenvalue weighted by Crippen LogP contribution is -2.18. The van der Waals surface area contributed by atoms with Gasteiger partial charge >= 0.3 is 0 Å². The second-order valence-electron chi connectivity index (χ2n) is 6.16. The fraction of sp³-hybridized carbons (Fsp3) is 0.286. The predicted octanol–water partition coefficient (Wildman–Crippen LogP) is 3.62. The number of methoxy groups -OCH3 is 3. The SMILES string of the molecule is COc1cc(/C=N\NC(=O)CCCC(=O)Nc2ccc(Cl)cc2)cc(OC)c1OC. The van der Waals surface area contributed by atoms with Crippen LogP contribution in [0.2, 0.25) is 5.02 Å². The molecule has 0 spiro atoms. The molecule has 0 radical (unpaired) electrons. The van der Waals surface area contributed by atoms with Crippen molar-refractivity contribution in [2.24, 2.45) is 5.10 Å². The Labute approximate surface area is 180 Å². The molecule has 0 bridgehead atoms. The standard InChI is InChI=1S/C21H24ClN3O5/c1-28-17-11-14(12-18(29-2)21(17)30-3)13-23-25-20(27)6-4-5-19(26)24-16-9-7-15(22)8-10-16/h7-13H,4-6H2,1-3H3,(H,24,26)(H,25,27)/b23-13-. The molecule has 2 aromatic rings. The number of carbonyl (C=O) groups excluding carboxylic acids is 2. The van der Waals surface area contributed by atoms with Gasteiger partial charge < -0.3 is 19.5 Å². The van der Waals surface area contributed by atoms with Gasteiger partial charge in [0, 0.05) is 29.1 Å². The summed E-state index contributed by atoms with van der Waals surface area (Å²) >= 11 is 5.80. The quantitative estimate of drug-likeness (QED) is 0.440. The Hall–Kier alpha value is -3.26. The van der Waals surface area contributed by atoms with Crippen LogP contribution in [0.15, 0.2) is 41.5 Å². The molecular weight excluding hydrogens is 410 g/mol. The molecule has 9 heteroatoms. The molecule has 8 nitrogen and oxygen atoms in total. The van der Waals surface area contributed by atoms with Crippen LogP contribution in [-0.2, 0) is 9.59 Å². The summed E-state index contributed by atoms with van der Waals surface area (Å²) in [6, 6.07) is 10.2. The summed E-state index contributed by atoms with van der Waals surface area (Å²) in [4.78, 5) is 23.8. The summed E-state index contributed by atoms with van der Waals surface area (Å²) in [7, 11) is 4.55. The molecule has 2 aromatic carbocycles. The number of anilines is 1. The van der Waals surface area contributed by atoms with E-state index >= 15 is 0 Å². The molecule has 0 unspecified atom stereocenters. The number of hydrogen-bond acceptors (Lipinski definition) is 6. The third-order valence-corrected chi connectivity index (χ3v) is 4.28. The Balaban J connectivity index is 1.79. The van der Waals surface area contributed by atoms with Crippen LogP contribution in [0, 0.1) is 0 Å². The maximum atomic E-state index is 11.9. The third kappa shape index (κ3) is 6.97. The summed E-state index contributed by atoms with van der Waals surface area (Å²) in [6.45, 7) is 0. The van der Waals surface area contributed by atoms with Crippen LogP contribution in [0.1, 0.15) is 24.8 Å². The zero-order valence-electron chi connectivity index (χ0n) is 17.0. The molecule has 0 aromatic heterocycles. The van der Waals surface area contributed by atoms with Crippen LogP contribution in [0.5, 0.6) is 17.2 Å². The molecular formula is C21H24ClN3O5. The minimum absolute atomic E-state index is 0.167. The molecule has 0 fully saturated rings. The van der Waals surface area contributed by atoms with E-state index in [1.165, 1.54) is 27.5 Å². The van der Waals surface area contributed by atoms with E-state index in [0.29, 0.717) is 39.9 Å². The van der Waals surface area contributed by atoms with E-state index in [-0.39, 0.29) is 24.7 Å². The molecule has 0 aliphatic carbocycles. The lowest BCUT2D eigenvalue weighted by atomic mass is 10.2. The zero-order chi connectivity index (χ0) is 21.9. The van der Waals surface area contributed by atoms with Crippen molar-refractivity contribution in [3.05, 3.63) is 47.0 Å². The highest BCUT2D eigenvalue weighted by molar-refractivity contribution is 6.30. The Bertz CT molecular complexity index is 875. The number of nitrogens with one attached hydrogen (secondary N) is 2. The van der Waals surface area contributed by atoms with Gasteiger partial charge in [0.05, 0.1) is 27.5 Å². The van der Waals surface area contributed by atoms with Gasteiger partial charge in [0.1, 0.15) is 0 Å². The predicted molar refractivity (Wildman–Crippen MR) is 116 cm³/mol. The number of rotatable bonds is 10. The molecule has 0 saturated carbocycles. The lowest BCUT2D eigenvalue weighted by Gasteiger charge is -2.12. The van der Waals surface area contributed by atoms with Crippen LogP contribution < -0.4 is 25.0 Å². The maximum absolute atomic E-state index is 11.9. The topological polar surface area (TPSA) is 98.2 Å². The molecule has 0 atom stereocenters. The Morgan fingerprint density at radius 1 is 0.967 bits per heavy atom. The van der Waals surface area contributed by atoms with Crippen molar-refractivity contribution >= 4 is 35.3 Å². The van der Waals surface area contributed by atoms with E-state index < -0.39 is 0 Å². The van der Waals surface area contributed by atoms with Crippen LogP contribution in [0.3, 0.4) is 0 Å². The van der Waals surface area contributed by atoms with Crippen molar-refractivity contribution in [1.29, 1.82) is 0 Å². The van der Waals surface area contributed by atoms with Gasteiger partial charge in [-0.1, -0.05) is 11.6 Å². The van der Waals surface area contributed by atoms with Gasteiger partial charge in [-0.25, -0.2) is 5.43 Å². The Morgan fingerprint density at radius 2 is 1.57 bits per heavy atom. The number of amides is 2. The van der Waals surface area contributed by atoms with Gasteiger partial charge in [0.15, 0.2) is 11.5 Å². The molecule has 2 amide bonds. The number of ether oxygens (including phenoxy) is 3. The van der Waals surface area contributed by atoms with Crippen LogP contribution in [0.4, 0.5) is 5.69 Å². The first-order valence-electron chi connectivity index (χ1n) is 9.14. The van der Waals surface area contributed by atoms with Crippen molar-refractivity contribution < 1.29 is 23.8 Å². The van der Waals surface area contributed by atoms with Gasteiger partial charge in [-0.3, -0.25) is 9.59 Å². The first-order chi connectivity index (χ1) is 14.5. The van der Waals surface area contributed by atoms with Crippen molar-refractivity contribution in [2.45, 2.75) is 19.3 Å². The van der Waals surface area contributed by atoms with E-state index in [4.69, 9.17) is 25.8 Å². The number of carbonyl (C=O) groups is 2. The van der Waals surface area contributed by atoms with Crippen molar-refractivity contribution in [3.8, 4) is 17.2 Å². The van der Waals surface area contributed by atoms with E-state index in [1.54, 1.807) is 36.4 Å². The average molecular weight is 434 g/mol. The van der Waals surface area contributed by atoms with Crippen molar-refractivity contribution in [3.63, 3.8) is 0 Å². The molecule has 2 rings (SSSR count). The fourth-order valence-corrected chi connectivity index (χ4v) is 2.70. The number of hydrogen-bond donors (Lipinski definition) is 2. The van der Waals surface area contributed by atoms with Crippen molar-refractivity contribution in [2.75, 3.05) is 26.6 Å². The minimum atomic E-state index is -0.294. The summed E-state index contributed by atoms with van der Waals surface area (Å²) in [5, 5.41) is 7.27. The first kappa shape index (κ1) is 23.0. The number of halogens is 1. The average Bonchev–Trinajstić information content (AvgIpc) is 2.74. The monoisotopic (exact) mass is 433 g/mol. The summed E-state index contributed by atoms with van der Waals surface area (Å²) in [6.07, 6.45) is 2.24. The van der Waals surface area contributed by atoms with E-state index in [9.17, 15) is 9.59 Å². The molecule has 30 heavy (non-hydrogen) atoms. The van der Waals surface area contributed by atoms with E-state index in [2.05, 4.69) is 15.8 Å². The van der Waals surface area contributed by atoms with Gasteiger partial charge in [0.25, 0.3) is 0 Å². The molecule has 0 saturated heterocycles. The highest BCUT2D eigenvalue weighted by Crippen LogP contribution is 2.37. The van der Waals surface area contributed by atoms with Crippen LogP contribution in [-0.4, -0.2) is 39.4 Å². The molecule has 2 N–H and O–H groups in total. The highest BCUT2D eigenvalue weighted by Gasteiger charge is 2.12. The largest absolute Gasteiger partial charge is 0.493 e. The van der Waals surface area contributed by atoms with Gasteiger partial charge in [-0.15, -0.1) is 0 Å². The van der Waals surface area contributed by atoms with Crippen LogP contribution in [0.25, 0.3) is 0 Å². The van der Waals surface area contributed by atoms with Gasteiger partial charge in [-0.05, 0) is 42.8 Å². The second kappa shape index (κ2) is 11.7. The molecule has 0 heterocycles. The first-order valence-corrected chi connectivity index (χ1v) is 9.52. The number of nitrogens with zero attached hydrogens (tertiary/aromatic N) is 1. The number of hydrazone groups is 1. The number of benzene rings is 2. The minimum Gasteiger partial charge on any atom is -0.493 e. The second-order valence-corrected chi connectivity index (χ2v) is 6.60. The summed E-state index contributed by atoms with van der Waals surface area (Å²) < 4.78 is 15.8. The molecule has 0 aliphatic rings. The van der Waals surface area contributed by atoms with E-state index in [0.717, 1.165) is 0 Å². The lowest BCUT2D eigenvalue weighted by molar-refractivity contribution is -0.121.